The summed E-state index contributed by atoms with van der Waals surface area (Å²) in [5, 5.41) is 10.8. The van der Waals surface area contributed by atoms with E-state index in [0.29, 0.717) is 11.6 Å². The van der Waals surface area contributed by atoms with Crippen LogP contribution in [0.3, 0.4) is 0 Å². The predicted molar refractivity (Wildman–Crippen MR) is 84.0 cm³/mol. The highest BCUT2D eigenvalue weighted by Crippen LogP contribution is 2.27. The number of thioether (sulfide) groups is 1. The molecule has 0 saturated carbocycles. The number of nitro benzene ring substituents is 1. The number of ketones is 1. The van der Waals surface area contributed by atoms with Gasteiger partial charge in [-0.3, -0.25) is 14.9 Å². The third-order valence-electron chi connectivity index (χ3n) is 3.33. The van der Waals surface area contributed by atoms with E-state index in [9.17, 15) is 14.9 Å². The highest BCUT2D eigenvalue weighted by Gasteiger charge is 2.20. The molecular formula is C14H20N2O3S. The molecule has 110 valence electrons. The summed E-state index contributed by atoms with van der Waals surface area (Å²) in [5.74, 6) is 0.788. The monoisotopic (exact) mass is 296 g/mol. The maximum atomic E-state index is 11.8. The number of nitro groups is 1. The Labute approximate surface area is 123 Å². The van der Waals surface area contributed by atoms with Crippen molar-refractivity contribution in [2.75, 3.05) is 24.0 Å². The standard InChI is InChI=1S/C14H20N2O3S/c1-5-11(9-20-4)15(3)14-7-6-12(16(18)19)8-13(14)10(2)17/h6-8,11H,5,9H2,1-4H3. The number of hydrogen-bond donors (Lipinski definition) is 0. The Kier molecular flexibility index (Phi) is 6.01. The van der Waals surface area contributed by atoms with Gasteiger partial charge in [-0.05, 0) is 25.7 Å². The van der Waals surface area contributed by atoms with E-state index in [1.165, 1.54) is 19.1 Å². The van der Waals surface area contributed by atoms with Crippen molar-refractivity contribution in [2.24, 2.45) is 0 Å². The van der Waals surface area contributed by atoms with Gasteiger partial charge in [0.1, 0.15) is 0 Å². The molecule has 0 aliphatic rings. The Morgan fingerprint density at radius 3 is 2.60 bits per heavy atom. The SMILES string of the molecule is CCC(CSC)N(C)c1ccc([N+](=O)[O-])cc1C(C)=O. The summed E-state index contributed by atoms with van der Waals surface area (Å²) in [6, 6.07) is 4.77. The van der Waals surface area contributed by atoms with Crippen molar-refractivity contribution in [3.8, 4) is 0 Å². The Hall–Kier alpha value is -1.56. The van der Waals surface area contributed by atoms with Crippen molar-refractivity contribution in [2.45, 2.75) is 26.3 Å². The van der Waals surface area contributed by atoms with Crippen LogP contribution >= 0.6 is 11.8 Å². The smallest absolute Gasteiger partial charge is 0.270 e. The average molecular weight is 296 g/mol. The van der Waals surface area contributed by atoms with Crippen molar-refractivity contribution in [1.29, 1.82) is 0 Å². The molecule has 0 fully saturated rings. The van der Waals surface area contributed by atoms with Gasteiger partial charge in [0.05, 0.1) is 4.92 Å². The van der Waals surface area contributed by atoms with Gasteiger partial charge in [-0.2, -0.15) is 11.8 Å². The fourth-order valence-corrected chi connectivity index (χ4v) is 2.96. The molecule has 0 saturated heterocycles. The van der Waals surface area contributed by atoms with Crippen LogP contribution in [0.15, 0.2) is 18.2 Å². The zero-order valence-corrected chi connectivity index (χ0v) is 13.1. The first-order chi connectivity index (χ1) is 9.42. The average Bonchev–Trinajstić information content (AvgIpc) is 2.43. The number of hydrogen-bond acceptors (Lipinski definition) is 5. The second-order valence-electron chi connectivity index (χ2n) is 4.64. The van der Waals surface area contributed by atoms with Gasteiger partial charge in [0.2, 0.25) is 0 Å². The Balaban J connectivity index is 3.22. The number of non-ortho nitro benzene ring substituents is 1. The predicted octanol–water partition coefficient (Wildman–Crippen LogP) is 3.38. The van der Waals surface area contributed by atoms with Crippen LogP contribution in [0.25, 0.3) is 0 Å². The lowest BCUT2D eigenvalue weighted by atomic mass is 10.1. The summed E-state index contributed by atoms with van der Waals surface area (Å²) in [7, 11) is 1.93. The molecule has 1 unspecified atom stereocenters. The van der Waals surface area contributed by atoms with Crippen LogP contribution in [0.2, 0.25) is 0 Å². The molecule has 1 aromatic carbocycles. The first-order valence-corrected chi connectivity index (χ1v) is 7.82. The number of nitrogens with zero attached hydrogens (tertiary/aromatic N) is 2. The van der Waals surface area contributed by atoms with Crippen molar-refractivity contribution in [3.63, 3.8) is 0 Å². The second-order valence-corrected chi connectivity index (χ2v) is 5.55. The molecule has 0 N–H and O–H groups in total. The molecule has 0 radical (unpaired) electrons. The van der Waals surface area contributed by atoms with Crippen LogP contribution in [0.1, 0.15) is 30.6 Å². The van der Waals surface area contributed by atoms with Gasteiger partial charge in [0.25, 0.3) is 5.69 Å². The van der Waals surface area contributed by atoms with Crippen molar-refractivity contribution in [3.05, 3.63) is 33.9 Å². The first kappa shape index (κ1) is 16.5. The van der Waals surface area contributed by atoms with E-state index in [0.717, 1.165) is 17.9 Å². The normalized spacial score (nSPS) is 12.0. The number of carbonyl (C=O) groups excluding carboxylic acids is 1. The largest absolute Gasteiger partial charge is 0.370 e. The summed E-state index contributed by atoms with van der Waals surface area (Å²) in [5.41, 5.74) is 1.11. The maximum absolute atomic E-state index is 11.8. The van der Waals surface area contributed by atoms with Crippen molar-refractivity contribution in [1.82, 2.24) is 0 Å². The summed E-state index contributed by atoms with van der Waals surface area (Å²) >= 11 is 1.74. The molecule has 0 heterocycles. The number of anilines is 1. The Bertz CT molecular complexity index is 505. The zero-order chi connectivity index (χ0) is 15.3. The highest BCUT2D eigenvalue weighted by atomic mass is 32.2. The van der Waals surface area contributed by atoms with Crippen LogP contribution in [0.5, 0.6) is 0 Å². The van der Waals surface area contributed by atoms with Crippen LogP contribution in [-0.4, -0.2) is 35.8 Å². The van der Waals surface area contributed by atoms with Crippen LogP contribution < -0.4 is 4.90 Å². The third-order valence-corrected chi connectivity index (χ3v) is 4.05. The molecule has 0 bridgehead atoms. The molecule has 0 spiro atoms. The number of benzene rings is 1. The Morgan fingerprint density at radius 1 is 1.50 bits per heavy atom. The number of rotatable bonds is 7. The van der Waals surface area contributed by atoms with Crippen molar-refractivity contribution < 1.29 is 9.72 Å². The van der Waals surface area contributed by atoms with Crippen molar-refractivity contribution >= 4 is 28.9 Å². The minimum Gasteiger partial charge on any atom is -0.370 e. The maximum Gasteiger partial charge on any atom is 0.270 e. The van der Waals surface area contributed by atoms with E-state index < -0.39 is 4.92 Å². The van der Waals surface area contributed by atoms with E-state index in [1.54, 1.807) is 17.8 Å². The van der Waals surface area contributed by atoms with Gasteiger partial charge < -0.3 is 4.90 Å². The molecule has 0 aromatic heterocycles. The van der Waals surface area contributed by atoms with Crippen LogP contribution in [0, 0.1) is 10.1 Å². The van der Waals surface area contributed by atoms with Crippen LogP contribution in [0.4, 0.5) is 11.4 Å². The molecule has 6 heteroatoms. The molecule has 1 aromatic rings. The molecular weight excluding hydrogens is 276 g/mol. The molecule has 5 nitrogen and oxygen atoms in total. The molecule has 1 atom stereocenters. The molecule has 0 aliphatic carbocycles. The fraction of sp³-hybridized carbons (Fsp3) is 0.500. The topological polar surface area (TPSA) is 63.4 Å². The Morgan fingerprint density at radius 2 is 2.15 bits per heavy atom. The fourth-order valence-electron chi connectivity index (χ4n) is 2.12. The molecule has 20 heavy (non-hydrogen) atoms. The van der Waals surface area contributed by atoms with Gasteiger partial charge in [0, 0.05) is 42.2 Å². The number of carbonyl (C=O) groups is 1. The lowest BCUT2D eigenvalue weighted by molar-refractivity contribution is -0.384. The second kappa shape index (κ2) is 7.28. The van der Waals surface area contributed by atoms with E-state index in [-0.39, 0.29) is 11.5 Å². The van der Waals surface area contributed by atoms with E-state index in [1.807, 2.05) is 18.2 Å². The third kappa shape index (κ3) is 3.72. The van der Waals surface area contributed by atoms with Gasteiger partial charge in [-0.15, -0.1) is 0 Å². The van der Waals surface area contributed by atoms with E-state index in [2.05, 4.69) is 6.92 Å². The van der Waals surface area contributed by atoms with Gasteiger partial charge in [-0.1, -0.05) is 6.92 Å². The van der Waals surface area contributed by atoms with Gasteiger partial charge in [0.15, 0.2) is 5.78 Å². The zero-order valence-electron chi connectivity index (χ0n) is 12.3. The van der Waals surface area contributed by atoms with Gasteiger partial charge >= 0.3 is 0 Å². The number of Topliss-reactive ketones (excluding diaryl/α,β-unsaturated/α-hetero) is 1. The summed E-state index contributed by atoms with van der Waals surface area (Å²) in [6.07, 6.45) is 2.99. The summed E-state index contributed by atoms with van der Waals surface area (Å²) in [6.45, 7) is 3.53. The van der Waals surface area contributed by atoms with E-state index in [4.69, 9.17) is 0 Å². The quantitative estimate of drug-likeness (QED) is 0.438. The highest BCUT2D eigenvalue weighted by molar-refractivity contribution is 7.98. The molecule has 0 amide bonds. The molecule has 1 rings (SSSR count). The molecule has 0 aliphatic heterocycles. The summed E-state index contributed by atoms with van der Waals surface area (Å²) < 4.78 is 0. The van der Waals surface area contributed by atoms with E-state index >= 15 is 0 Å². The van der Waals surface area contributed by atoms with Crippen LogP contribution in [-0.2, 0) is 0 Å². The van der Waals surface area contributed by atoms with Gasteiger partial charge in [-0.25, -0.2) is 0 Å². The lowest BCUT2D eigenvalue weighted by Gasteiger charge is -2.30. The summed E-state index contributed by atoms with van der Waals surface area (Å²) in [4.78, 5) is 24.1. The first-order valence-electron chi connectivity index (χ1n) is 6.43. The lowest BCUT2D eigenvalue weighted by Crippen LogP contribution is -2.34. The minimum atomic E-state index is -0.477. The minimum absolute atomic E-state index is 0.0507.